The molecule has 3 aromatic rings. The maximum atomic E-state index is 6.00. The van der Waals surface area contributed by atoms with Crippen molar-refractivity contribution in [2.45, 2.75) is 6.92 Å². The number of benzene rings is 2. The van der Waals surface area contributed by atoms with Crippen LogP contribution in [0.2, 0.25) is 5.02 Å². The number of aromatic nitrogens is 2. The Bertz CT molecular complexity index is 854. The average molecular weight is 341 g/mol. The van der Waals surface area contributed by atoms with E-state index in [1.165, 1.54) is 0 Å². The van der Waals surface area contributed by atoms with Crippen LogP contribution in [0.5, 0.6) is 5.75 Å². The molecule has 0 fully saturated rings. The minimum Gasteiger partial charge on any atom is -0.497 e. The Kier molecular flexibility index (Phi) is 4.82. The second kappa shape index (κ2) is 7.19. The van der Waals surface area contributed by atoms with Gasteiger partial charge in [-0.3, -0.25) is 0 Å². The molecular formula is C18H17ClN4O. The van der Waals surface area contributed by atoms with Crippen molar-refractivity contribution in [3.8, 4) is 5.75 Å². The van der Waals surface area contributed by atoms with Crippen LogP contribution in [-0.2, 0) is 0 Å². The summed E-state index contributed by atoms with van der Waals surface area (Å²) in [5, 5.41) is 7.08. The van der Waals surface area contributed by atoms with Gasteiger partial charge >= 0.3 is 0 Å². The van der Waals surface area contributed by atoms with Gasteiger partial charge in [0.2, 0.25) is 5.95 Å². The number of aryl methyl sites for hydroxylation is 1. The highest BCUT2D eigenvalue weighted by molar-refractivity contribution is 6.30. The number of anilines is 4. The number of hydrogen-bond donors (Lipinski definition) is 2. The predicted molar refractivity (Wildman–Crippen MR) is 97.8 cm³/mol. The molecule has 3 rings (SSSR count). The van der Waals surface area contributed by atoms with Gasteiger partial charge in [0.25, 0.3) is 0 Å². The first-order chi connectivity index (χ1) is 11.6. The molecule has 2 N–H and O–H groups in total. The Hall–Kier alpha value is -2.79. The number of hydrogen-bond acceptors (Lipinski definition) is 5. The Balaban J connectivity index is 1.83. The van der Waals surface area contributed by atoms with Crippen molar-refractivity contribution in [3.63, 3.8) is 0 Å². The van der Waals surface area contributed by atoms with Gasteiger partial charge in [-0.05, 0) is 37.3 Å². The molecular weight excluding hydrogens is 324 g/mol. The van der Waals surface area contributed by atoms with Gasteiger partial charge in [-0.1, -0.05) is 23.7 Å². The van der Waals surface area contributed by atoms with Gasteiger partial charge in [-0.2, -0.15) is 4.98 Å². The molecule has 122 valence electrons. The topological polar surface area (TPSA) is 59.1 Å². The van der Waals surface area contributed by atoms with Crippen LogP contribution in [0.1, 0.15) is 5.69 Å². The van der Waals surface area contributed by atoms with Crippen molar-refractivity contribution in [3.05, 3.63) is 65.3 Å². The maximum absolute atomic E-state index is 6.00. The second-order valence-electron chi connectivity index (χ2n) is 5.21. The van der Waals surface area contributed by atoms with E-state index in [-0.39, 0.29) is 0 Å². The normalized spacial score (nSPS) is 10.3. The van der Waals surface area contributed by atoms with Crippen LogP contribution in [0.4, 0.5) is 23.1 Å². The zero-order chi connectivity index (χ0) is 16.9. The van der Waals surface area contributed by atoms with E-state index in [1.54, 1.807) is 7.11 Å². The van der Waals surface area contributed by atoms with Crippen molar-refractivity contribution in [2.24, 2.45) is 0 Å². The van der Waals surface area contributed by atoms with Crippen LogP contribution >= 0.6 is 11.6 Å². The molecule has 0 saturated heterocycles. The van der Waals surface area contributed by atoms with E-state index >= 15 is 0 Å². The van der Waals surface area contributed by atoms with E-state index in [1.807, 2.05) is 61.5 Å². The van der Waals surface area contributed by atoms with E-state index in [0.717, 1.165) is 22.8 Å². The monoisotopic (exact) mass is 340 g/mol. The summed E-state index contributed by atoms with van der Waals surface area (Å²) >= 11 is 6.00. The SMILES string of the molecule is COc1cccc(Nc2cc(C)nc(Nc3cccc(Cl)c3)n2)c1. The summed E-state index contributed by atoms with van der Waals surface area (Å²) in [7, 11) is 1.64. The lowest BCUT2D eigenvalue weighted by molar-refractivity contribution is 0.415. The van der Waals surface area contributed by atoms with E-state index in [0.29, 0.717) is 16.8 Å². The van der Waals surface area contributed by atoms with Crippen molar-refractivity contribution in [2.75, 3.05) is 17.7 Å². The fourth-order valence-electron chi connectivity index (χ4n) is 2.23. The third kappa shape index (κ3) is 4.14. The van der Waals surface area contributed by atoms with Crippen LogP contribution in [0, 0.1) is 6.92 Å². The summed E-state index contributed by atoms with van der Waals surface area (Å²) in [6.45, 7) is 1.92. The molecule has 0 unspecified atom stereocenters. The number of halogens is 1. The Labute approximate surface area is 145 Å². The first kappa shape index (κ1) is 16.1. The standard InChI is InChI=1S/C18H17ClN4O/c1-12-9-17(21-15-7-4-8-16(11-15)24-2)23-18(20-12)22-14-6-3-5-13(19)10-14/h3-11H,1-2H3,(H2,20,21,22,23). The molecule has 0 saturated carbocycles. The molecule has 0 spiro atoms. The lowest BCUT2D eigenvalue weighted by atomic mass is 10.3. The Morgan fingerprint density at radius 3 is 2.42 bits per heavy atom. The first-order valence-corrected chi connectivity index (χ1v) is 7.79. The second-order valence-corrected chi connectivity index (χ2v) is 5.65. The molecule has 6 heteroatoms. The van der Waals surface area contributed by atoms with Crippen LogP contribution < -0.4 is 15.4 Å². The van der Waals surface area contributed by atoms with E-state index < -0.39 is 0 Å². The summed E-state index contributed by atoms with van der Waals surface area (Å²) in [5.74, 6) is 1.98. The van der Waals surface area contributed by atoms with Crippen molar-refractivity contribution in [1.29, 1.82) is 0 Å². The number of nitrogens with zero attached hydrogens (tertiary/aromatic N) is 2. The van der Waals surface area contributed by atoms with Gasteiger partial charge in [-0.15, -0.1) is 0 Å². The van der Waals surface area contributed by atoms with Crippen LogP contribution in [0.25, 0.3) is 0 Å². The van der Waals surface area contributed by atoms with Gasteiger partial charge in [0.05, 0.1) is 7.11 Å². The van der Waals surface area contributed by atoms with Gasteiger partial charge in [0.1, 0.15) is 11.6 Å². The molecule has 5 nitrogen and oxygen atoms in total. The molecule has 0 aliphatic rings. The van der Waals surface area contributed by atoms with Crippen molar-refractivity contribution < 1.29 is 4.74 Å². The summed E-state index contributed by atoms with van der Waals surface area (Å²) in [5.41, 5.74) is 2.57. The number of methoxy groups -OCH3 is 1. The number of rotatable bonds is 5. The maximum Gasteiger partial charge on any atom is 0.229 e. The quantitative estimate of drug-likeness (QED) is 0.689. The summed E-state index contributed by atoms with van der Waals surface area (Å²) in [6, 6.07) is 17.0. The summed E-state index contributed by atoms with van der Waals surface area (Å²) < 4.78 is 5.23. The minimum atomic E-state index is 0.502. The van der Waals surface area contributed by atoms with Crippen molar-refractivity contribution in [1.82, 2.24) is 9.97 Å². The molecule has 24 heavy (non-hydrogen) atoms. The van der Waals surface area contributed by atoms with Gasteiger partial charge in [0.15, 0.2) is 0 Å². The van der Waals surface area contributed by atoms with Crippen LogP contribution in [-0.4, -0.2) is 17.1 Å². The molecule has 2 aromatic carbocycles. The average Bonchev–Trinajstić information content (AvgIpc) is 2.54. The highest BCUT2D eigenvalue weighted by Gasteiger charge is 2.05. The highest BCUT2D eigenvalue weighted by atomic mass is 35.5. The number of nitrogens with one attached hydrogen (secondary N) is 2. The lowest BCUT2D eigenvalue weighted by Crippen LogP contribution is -2.02. The lowest BCUT2D eigenvalue weighted by Gasteiger charge is -2.11. The zero-order valence-corrected chi connectivity index (χ0v) is 14.1. The zero-order valence-electron chi connectivity index (χ0n) is 13.4. The fraction of sp³-hybridized carbons (Fsp3) is 0.111. The molecule has 0 amide bonds. The molecule has 0 atom stereocenters. The smallest absolute Gasteiger partial charge is 0.229 e. The molecule has 0 aliphatic heterocycles. The van der Waals surface area contributed by atoms with Gasteiger partial charge < -0.3 is 15.4 Å². The third-order valence-electron chi connectivity index (χ3n) is 3.28. The number of ether oxygens (including phenoxy) is 1. The third-order valence-corrected chi connectivity index (χ3v) is 3.51. The molecule has 0 bridgehead atoms. The molecule has 0 aliphatic carbocycles. The van der Waals surface area contributed by atoms with Crippen LogP contribution in [0.3, 0.4) is 0 Å². The van der Waals surface area contributed by atoms with E-state index in [2.05, 4.69) is 20.6 Å². The largest absolute Gasteiger partial charge is 0.497 e. The van der Waals surface area contributed by atoms with Gasteiger partial charge in [-0.25, -0.2) is 4.98 Å². The summed E-state index contributed by atoms with van der Waals surface area (Å²) in [4.78, 5) is 8.90. The molecule has 1 aromatic heterocycles. The first-order valence-electron chi connectivity index (χ1n) is 7.42. The molecule has 0 radical (unpaired) electrons. The Morgan fingerprint density at radius 1 is 0.917 bits per heavy atom. The fourth-order valence-corrected chi connectivity index (χ4v) is 2.42. The predicted octanol–water partition coefficient (Wildman–Crippen LogP) is 4.93. The van der Waals surface area contributed by atoms with Crippen LogP contribution in [0.15, 0.2) is 54.6 Å². The van der Waals surface area contributed by atoms with E-state index in [9.17, 15) is 0 Å². The summed E-state index contributed by atoms with van der Waals surface area (Å²) in [6.07, 6.45) is 0. The molecule has 1 heterocycles. The van der Waals surface area contributed by atoms with Gasteiger partial charge in [0, 0.05) is 34.2 Å². The van der Waals surface area contributed by atoms with E-state index in [4.69, 9.17) is 16.3 Å². The Morgan fingerprint density at radius 2 is 1.67 bits per heavy atom. The highest BCUT2D eigenvalue weighted by Crippen LogP contribution is 2.23. The van der Waals surface area contributed by atoms with Crippen molar-refractivity contribution >= 4 is 34.7 Å². The minimum absolute atomic E-state index is 0.502.